The van der Waals surface area contributed by atoms with Gasteiger partial charge in [0.25, 0.3) is 0 Å². The standard InChI is InChI=1S/C13H24N2O/c1-10(2)13(6-7-13)9-15-12(16)11-5-3-4-8-14-11/h10-11,14H,3-9H2,1-2H3,(H,15,16)/t11-/m0/s1. The smallest absolute Gasteiger partial charge is 0.237 e. The van der Waals surface area contributed by atoms with Gasteiger partial charge in [-0.3, -0.25) is 4.79 Å². The lowest BCUT2D eigenvalue weighted by Crippen LogP contribution is -2.48. The van der Waals surface area contributed by atoms with Gasteiger partial charge in [0.2, 0.25) is 5.91 Å². The SMILES string of the molecule is CC(C)C1(CNC(=O)[C@@H]2CCCCN2)CC1. The van der Waals surface area contributed by atoms with E-state index in [4.69, 9.17) is 0 Å². The molecule has 0 aromatic heterocycles. The van der Waals surface area contributed by atoms with Gasteiger partial charge in [0.15, 0.2) is 0 Å². The summed E-state index contributed by atoms with van der Waals surface area (Å²) in [5, 5.41) is 6.43. The Hall–Kier alpha value is -0.570. The van der Waals surface area contributed by atoms with Crippen molar-refractivity contribution in [3.05, 3.63) is 0 Å². The molecule has 0 radical (unpaired) electrons. The molecule has 0 bridgehead atoms. The highest BCUT2D eigenvalue weighted by Gasteiger charge is 2.45. The summed E-state index contributed by atoms with van der Waals surface area (Å²) in [4.78, 5) is 11.9. The molecule has 1 amide bonds. The Morgan fingerprint density at radius 2 is 2.19 bits per heavy atom. The van der Waals surface area contributed by atoms with Crippen LogP contribution in [0, 0.1) is 11.3 Å². The molecule has 3 heteroatoms. The first kappa shape index (κ1) is 11.9. The first-order valence-electron chi connectivity index (χ1n) is 6.65. The molecular formula is C13H24N2O. The molecule has 0 unspecified atom stereocenters. The molecule has 16 heavy (non-hydrogen) atoms. The monoisotopic (exact) mass is 224 g/mol. The van der Waals surface area contributed by atoms with Gasteiger partial charge in [0, 0.05) is 6.54 Å². The normalized spacial score (nSPS) is 27.8. The zero-order valence-electron chi connectivity index (χ0n) is 10.5. The Morgan fingerprint density at radius 3 is 2.69 bits per heavy atom. The zero-order valence-corrected chi connectivity index (χ0v) is 10.5. The lowest BCUT2D eigenvalue weighted by molar-refractivity contribution is -0.124. The third-order valence-electron chi connectivity index (χ3n) is 4.36. The van der Waals surface area contributed by atoms with E-state index in [1.54, 1.807) is 0 Å². The van der Waals surface area contributed by atoms with Crippen molar-refractivity contribution in [1.29, 1.82) is 0 Å². The molecule has 1 saturated carbocycles. The van der Waals surface area contributed by atoms with Crippen molar-refractivity contribution >= 4 is 5.91 Å². The quantitative estimate of drug-likeness (QED) is 0.763. The molecule has 1 heterocycles. The number of carbonyl (C=O) groups is 1. The van der Waals surface area contributed by atoms with Crippen molar-refractivity contribution in [3.63, 3.8) is 0 Å². The van der Waals surface area contributed by atoms with Crippen LogP contribution < -0.4 is 10.6 Å². The lowest BCUT2D eigenvalue weighted by atomic mass is 9.92. The zero-order chi connectivity index (χ0) is 11.6. The molecule has 1 saturated heterocycles. The van der Waals surface area contributed by atoms with E-state index < -0.39 is 0 Å². The van der Waals surface area contributed by atoms with E-state index in [1.807, 2.05) is 0 Å². The van der Waals surface area contributed by atoms with E-state index >= 15 is 0 Å². The highest BCUT2D eigenvalue weighted by Crippen LogP contribution is 2.51. The molecule has 92 valence electrons. The number of rotatable bonds is 4. The van der Waals surface area contributed by atoms with Crippen LogP contribution in [0.5, 0.6) is 0 Å². The second kappa shape index (κ2) is 4.74. The fraction of sp³-hybridized carbons (Fsp3) is 0.923. The summed E-state index contributed by atoms with van der Waals surface area (Å²) in [5.41, 5.74) is 0.421. The van der Waals surface area contributed by atoms with Crippen molar-refractivity contribution < 1.29 is 4.79 Å². The molecule has 1 aliphatic carbocycles. The van der Waals surface area contributed by atoms with E-state index in [9.17, 15) is 4.79 Å². The fourth-order valence-corrected chi connectivity index (χ4v) is 2.58. The van der Waals surface area contributed by atoms with Crippen LogP contribution in [0.4, 0.5) is 0 Å². The molecular weight excluding hydrogens is 200 g/mol. The van der Waals surface area contributed by atoms with Crippen molar-refractivity contribution in [3.8, 4) is 0 Å². The Balaban J connectivity index is 1.75. The molecule has 2 rings (SSSR count). The Labute approximate surface area is 98.4 Å². The van der Waals surface area contributed by atoms with Crippen molar-refractivity contribution in [1.82, 2.24) is 10.6 Å². The summed E-state index contributed by atoms with van der Waals surface area (Å²) in [7, 11) is 0. The summed E-state index contributed by atoms with van der Waals surface area (Å²) in [5.74, 6) is 0.902. The van der Waals surface area contributed by atoms with Crippen LogP contribution in [0.25, 0.3) is 0 Å². The van der Waals surface area contributed by atoms with Crippen molar-refractivity contribution in [2.75, 3.05) is 13.1 Å². The highest BCUT2D eigenvalue weighted by atomic mass is 16.2. The van der Waals surface area contributed by atoms with Crippen LogP contribution in [0.15, 0.2) is 0 Å². The minimum absolute atomic E-state index is 0.0664. The molecule has 1 atom stereocenters. The predicted molar refractivity (Wildman–Crippen MR) is 65.2 cm³/mol. The maximum absolute atomic E-state index is 11.9. The van der Waals surface area contributed by atoms with Crippen LogP contribution in [0.2, 0.25) is 0 Å². The molecule has 0 aromatic rings. The summed E-state index contributed by atoms with van der Waals surface area (Å²) in [6.45, 7) is 6.39. The second-order valence-electron chi connectivity index (χ2n) is 5.74. The van der Waals surface area contributed by atoms with Gasteiger partial charge in [0.05, 0.1) is 6.04 Å². The predicted octanol–water partition coefficient (Wildman–Crippen LogP) is 1.68. The number of nitrogens with one attached hydrogen (secondary N) is 2. The van der Waals surface area contributed by atoms with Gasteiger partial charge in [-0.1, -0.05) is 20.3 Å². The Kier molecular flexibility index (Phi) is 3.53. The van der Waals surface area contributed by atoms with Gasteiger partial charge in [-0.2, -0.15) is 0 Å². The average molecular weight is 224 g/mol. The van der Waals surface area contributed by atoms with Gasteiger partial charge in [-0.25, -0.2) is 0 Å². The molecule has 0 aromatic carbocycles. The number of amides is 1. The number of hydrogen-bond donors (Lipinski definition) is 2. The number of hydrogen-bond acceptors (Lipinski definition) is 2. The van der Waals surface area contributed by atoms with Crippen LogP contribution in [0.1, 0.15) is 46.0 Å². The maximum atomic E-state index is 11.9. The minimum Gasteiger partial charge on any atom is -0.354 e. The molecule has 2 N–H and O–H groups in total. The minimum atomic E-state index is 0.0664. The maximum Gasteiger partial charge on any atom is 0.237 e. The van der Waals surface area contributed by atoms with Crippen molar-refractivity contribution in [2.45, 2.75) is 52.0 Å². The van der Waals surface area contributed by atoms with Crippen molar-refractivity contribution in [2.24, 2.45) is 11.3 Å². The molecule has 2 aliphatic rings. The van der Waals surface area contributed by atoms with Crippen LogP contribution >= 0.6 is 0 Å². The van der Waals surface area contributed by atoms with E-state index in [0.29, 0.717) is 11.3 Å². The van der Waals surface area contributed by atoms with Gasteiger partial charge < -0.3 is 10.6 Å². The van der Waals surface area contributed by atoms with E-state index in [1.165, 1.54) is 25.7 Å². The summed E-state index contributed by atoms with van der Waals surface area (Å²) in [6, 6.07) is 0.0664. The molecule has 2 fully saturated rings. The van der Waals surface area contributed by atoms with Gasteiger partial charge in [0.1, 0.15) is 0 Å². The second-order valence-corrected chi connectivity index (χ2v) is 5.74. The largest absolute Gasteiger partial charge is 0.354 e. The summed E-state index contributed by atoms with van der Waals surface area (Å²) >= 11 is 0. The third-order valence-corrected chi connectivity index (χ3v) is 4.36. The fourth-order valence-electron chi connectivity index (χ4n) is 2.58. The molecule has 0 spiro atoms. The Bertz CT molecular complexity index is 253. The number of carbonyl (C=O) groups excluding carboxylic acids is 1. The van der Waals surface area contributed by atoms with Gasteiger partial charge >= 0.3 is 0 Å². The Morgan fingerprint density at radius 1 is 1.44 bits per heavy atom. The van der Waals surface area contributed by atoms with E-state index in [0.717, 1.165) is 19.5 Å². The van der Waals surface area contributed by atoms with Crippen LogP contribution in [-0.2, 0) is 4.79 Å². The lowest BCUT2D eigenvalue weighted by Gasteiger charge is -2.25. The first-order valence-corrected chi connectivity index (χ1v) is 6.65. The third kappa shape index (κ3) is 2.57. The van der Waals surface area contributed by atoms with Crippen LogP contribution in [-0.4, -0.2) is 25.0 Å². The molecule has 1 aliphatic heterocycles. The van der Waals surface area contributed by atoms with Gasteiger partial charge in [-0.05, 0) is 43.6 Å². The number of piperidine rings is 1. The van der Waals surface area contributed by atoms with Crippen LogP contribution in [0.3, 0.4) is 0 Å². The first-order chi connectivity index (χ1) is 7.64. The summed E-state index contributed by atoms with van der Waals surface area (Å²) < 4.78 is 0. The molecule has 3 nitrogen and oxygen atoms in total. The highest BCUT2D eigenvalue weighted by molar-refractivity contribution is 5.81. The van der Waals surface area contributed by atoms with E-state index in [-0.39, 0.29) is 11.9 Å². The van der Waals surface area contributed by atoms with Gasteiger partial charge in [-0.15, -0.1) is 0 Å². The topological polar surface area (TPSA) is 41.1 Å². The average Bonchev–Trinajstić information content (AvgIpc) is 3.08. The summed E-state index contributed by atoms with van der Waals surface area (Å²) in [6.07, 6.45) is 5.95. The van der Waals surface area contributed by atoms with E-state index in [2.05, 4.69) is 24.5 Å².